The van der Waals surface area contributed by atoms with Crippen LogP contribution in [-0.4, -0.2) is 5.97 Å². The SMILES string of the molecule is Cc1cccc(C2CC(C#N)C(=O)O2)c1. The Bertz CT molecular complexity index is 433. The third kappa shape index (κ3) is 1.84. The Kier molecular flexibility index (Phi) is 2.42. The van der Waals surface area contributed by atoms with Gasteiger partial charge in [-0.3, -0.25) is 4.79 Å². The first kappa shape index (κ1) is 9.72. The molecule has 0 saturated carbocycles. The molecule has 1 aromatic rings. The molecule has 2 rings (SSSR count). The van der Waals surface area contributed by atoms with E-state index in [4.69, 9.17) is 10.00 Å². The molecule has 0 bridgehead atoms. The highest BCUT2D eigenvalue weighted by Gasteiger charge is 2.35. The minimum absolute atomic E-state index is 0.248. The lowest BCUT2D eigenvalue weighted by molar-refractivity contribution is -0.143. The summed E-state index contributed by atoms with van der Waals surface area (Å²) in [5.74, 6) is -1.00. The Hall–Kier alpha value is -1.82. The summed E-state index contributed by atoms with van der Waals surface area (Å²) in [5.41, 5.74) is 2.10. The molecule has 1 saturated heterocycles. The second-order valence-electron chi connectivity index (χ2n) is 3.76. The van der Waals surface area contributed by atoms with Crippen molar-refractivity contribution >= 4 is 5.97 Å². The standard InChI is InChI=1S/C12H11NO2/c1-8-3-2-4-9(5-8)11-6-10(7-13)12(14)15-11/h2-5,10-11H,6H2,1H3. The molecule has 0 radical (unpaired) electrons. The van der Waals surface area contributed by atoms with Crippen molar-refractivity contribution in [2.24, 2.45) is 5.92 Å². The van der Waals surface area contributed by atoms with E-state index in [1.807, 2.05) is 37.3 Å². The molecule has 3 heteroatoms. The number of aryl methyl sites for hydroxylation is 1. The zero-order valence-electron chi connectivity index (χ0n) is 8.43. The maximum atomic E-state index is 11.2. The van der Waals surface area contributed by atoms with Crippen molar-refractivity contribution in [3.63, 3.8) is 0 Å². The molecule has 2 unspecified atom stereocenters. The van der Waals surface area contributed by atoms with Gasteiger partial charge in [-0.15, -0.1) is 0 Å². The lowest BCUT2D eigenvalue weighted by Gasteiger charge is -2.09. The van der Waals surface area contributed by atoms with E-state index in [1.54, 1.807) is 0 Å². The largest absolute Gasteiger partial charge is 0.456 e. The number of carbonyl (C=O) groups is 1. The summed E-state index contributed by atoms with van der Waals surface area (Å²) in [4.78, 5) is 11.2. The quantitative estimate of drug-likeness (QED) is 0.654. The van der Waals surface area contributed by atoms with Gasteiger partial charge < -0.3 is 4.74 Å². The van der Waals surface area contributed by atoms with Crippen LogP contribution in [-0.2, 0) is 9.53 Å². The van der Waals surface area contributed by atoms with Crippen molar-refractivity contribution in [2.45, 2.75) is 19.4 Å². The molecule has 0 N–H and O–H groups in total. The number of esters is 1. The predicted molar refractivity (Wildman–Crippen MR) is 53.7 cm³/mol. The third-order valence-electron chi connectivity index (χ3n) is 2.56. The fourth-order valence-corrected chi connectivity index (χ4v) is 1.76. The highest BCUT2D eigenvalue weighted by Crippen LogP contribution is 2.33. The lowest BCUT2D eigenvalue weighted by Crippen LogP contribution is -2.03. The van der Waals surface area contributed by atoms with Gasteiger partial charge in [0.25, 0.3) is 0 Å². The van der Waals surface area contributed by atoms with Crippen LogP contribution >= 0.6 is 0 Å². The van der Waals surface area contributed by atoms with Gasteiger partial charge in [-0.05, 0) is 12.5 Å². The second kappa shape index (κ2) is 3.74. The van der Waals surface area contributed by atoms with Gasteiger partial charge in [0.05, 0.1) is 6.07 Å². The van der Waals surface area contributed by atoms with Crippen LogP contribution in [0.25, 0.3) is 0 Å². The van der Waals surface area contributed by atoms with Crippen LogP contribution in [0.2, 0.25) is 0 Å². The number of ether oxygens (including phenoxy) is 1. The molecule has 76 valence electrons. The minimum atomic E-state index is -0.601. The monoisotopic (exact) mass is 201 g/mol. The number of hydrogen-bond acceptors (Lipinski definition) is 3. The van der Waals surface area contributed by atoms with Crippen LogP contribution < -0.4 is 0 Å². The van der Waals surface area contributed by atoms with Gasteiger partial charge in [0, 0.05) is 6.42 Å². The van der Waals surface area contributed by atoms with E-state index in [9.17, 15) is 4.79 Å². The first-order chi connectivity index (χ1) is 7.20. The Labute approximate surface area is 88.3 Å². The van der Waals surface area contributed by atoms with Gasteiger partial charge in [0.1, 0.15) is 12.0 Å². The Morgan fingerprint density at radius 3 is 2.93 bits per heavy atom. The van der Waals surface area contributed by atoms with E-state index in [2.05, 4.69) is 0 Å². The lowest BCUT2D eigenvalue weighted by atomic mass is 10.0. The molecule has 15 heavy (non-hydrogen) atoms. The van der Waals surface area contributed by atoms with Crippen molar-refractivity contribution in [2.75, 3.05) is 0 Å². The Morgan fingerprint density at radius 1 is 1.53 bits per heavy atom. The van der Waals surface area contributed by atoms with Crippen molar-refractivity contribution in [3.05, 3.63) is 35.4 Å². The Morgan fingerprint density at radius 2 is 2.33 bits per heavy atom. The number of nitrogens with zero attached hydrogens (tertiary/aromatic N) is 1. The predicted octanol–water partition coefficient (Wildman–Crippen LogP) is 2.12. The maximum absolute atomic E-state index is 11.2. The topological polar surface area (TPSA) is 50.1 Å². The first-order valence-corrected chi connectivity index (χ1v) is 4.87. The fraction of sp³-hybridized carbons (Fsp3) is 0.333. The molecule has 3 nitrogen and oxygen atoms in total. The molecule has 2 atom stereocenters. The van der Waals surface area contributed by atoms with E-state index in [1.165, 1.54) is 0 Å². The zero-order valence-corrected chi connectivity index (χ0v) is 8.43. The molecular formula is C12H11NO2. The highest BCUT2D eigenvalue weighted by molar-refractivity contribution is 5.77. The molecule has 1 aliphatic heterocycles. The van der Waals surface area contributed by atoms with Gasteiger partial charge in [0.15, 0.2) is 0 Å². The number of nitriles is 1. The van der Waals surface area contributed by atoms with Crippen LogP contribution in [0, 0.1) is 24.2 Å². The molecule has 0 aromatic heterocycles. The normalized spacial score (nSPS) is 24.7. The molecule has 1 heterocycles. The number of rotatable bonds is 1. The smallest absolute Gasteiger partial charge is 0.324 e. The van der Waals surface area contributed by atoms with Crippen molar-refractivity contribution in [1.82, 2.24) is 0 Å². The molecule has 0 spiro atoms. The van der Waals surface area contributed by atoms with Crippen LogP contribution in [0.4, 0.5) is 0 Å². The van der Waals surface area contributed by atoms with E-state index >= 15 is 0 Å². The van der Waals surface area contributed by atoms with Gasteiger partial charge in [0.2, 0.25) is 0 Å². The van der Waals surface area contributed by atoms with E-state index in [0.717, 1.165) is 11.1 Å². The first-order valence-electron chi connectivity index (χ1n) is 4.87. The van der Waals surface area contributed by atoms with E-state index in [0.29, 0.717) is 6.42 Å². The van der Waals surface area contributed by atoms with Crippen LogP contribution in [0.5, 0.6) is 0 Å². The number of cyclic esters (lactones) is 1. The summed E-state index contributed by atoms with van der Waals surface area (Å²) in [7, 11) is 0. The maximum Gasteiger partial charge on any atom is 0.324 e. The third-order valence-corrected chi connectivity index (χ3v) is 2.56. The molecule has 0 amide bonds. The average Bonchev–Trinajstić information content (AvgIpc) is 2.60. The Balaban J connectivity index is 2.21. The summed E-state index contributed by atoms with van der Waals surface area (Å²) in [6.45, 7) is 1.99. The van der Waals surface area contributed by atoms with Crippen molar-refractivity contribution in [3.8, 4) is 6.07 Å². The van der Waals surface area contributed by atoms with Gasteiger partial charge in [-0.25, -0.2) is 0 Å². The summed E-state index contributed by atoms with van der Waals surface area (Å²) in [6.07, 6.45) is 0.223. The molecule has 0 aliphatic carbocycles. The number of carbonyl (C=O) groups excluding carboxylic acids is 1. The summed E-state index contributed by atoms with van der Waals surface area (Å²) in [5, 5.41) is 8.70. The van der Waals surface area contributed by atoms with Crippen molar-refractivity contribution < 1.29 is 9.53 Å². The van der Waals surface area contributed by atoms with Crippen molar-refractivity contribution in [1.29, 1.82) is 5.26 Å². The number of hydrogen-bond donors (Lipinski definition) is 0. The minimum Gasteiger partial charge on any atom is -0.456 e. The van der Waals surface area contributed by atoms with Gasteiger partial charge in [-0.1, -0.05) is 29.8 Å². The van der Waals surface area contributed by atoms with Crippen LogP contribution in [0.3, 0.4) is 0 Å². The molecule has 1 aliphatic rings. The average molecular weight is 201 g/mol. The summed E-state index contributed by atoms with van der Waals surface area (Å²) < 4.78 is 5.14. The van der Waals surface area contributed by atoms with Gasteiger partial charge >= 0.3 is 5.97 Å². The fourth-order valence-electron chi connectivity index (χ4n) is 1.76. The molecular weight excluding hydrogens is 190 g/mol. The zero-order chi connectivity index (χ0) is 10.8. The van der Waals surface area contributed by atoms with E-state index < -0.39 is 11.9 Å². The number of benzene rings is 1. The highest BCUT2D eigenvalue weighted by atomic mass is 16.5. The molecule has 1 aromatic carbocycles. The van der Waals surface area contributed by atoms with E-state index in [-0.39, 0.29) is 6.10 Å². The molecule has 1 fully saturated rings. The second-order valence-corrected chi connectivity index (χ2v) is 3.76. The van der Waals surface area contributed by atoms with Gasteiger partial charge in [-0.2, -0.15) is 5.26 Å². The van der Waals surface area contributed by atoms with Crippen LogP contribution in [0.15, 0.2) is 24.3 Å². The summed E-state index contributed by atoms with van der Waals surface area (Å²) in [6, 6.07) is 9.78. The summed E-state index contributed by atoms with van der Waals surface area (Å²) >= 11 is 0. The van der Waals surface area contributed by atoms with Crippen LogP contribution in [0.1, 0.15) is 23.7 Å².